The highest BCUT2D eigenvalue weighted by Crippen LogP contribution is 2.49. The van der Waals surface area contributed by atoms with Crippen molar-refractivity contribution in [2.24, 2.45) is 5.92 Å². The minimum absolute atomic E-state index is 0.108. The Morgan fingerprint density at radius 3 is 2.59 bits per heavy atom. The lowest BCUT2D eigenvalue weighted by molar-refractivity contribution is -0.119. The number of nitrogens with zero attached hydrogens (tertiary/aromatic N) is 2. The number of ketones is 1. The topological polar surface area (TPSA) is 116 Å². The van der Waals surface area contributed by atoms with E-state index in [9.17, 15) is 23.2 Å². The van der Waals surface area contributed by atoms with Gasteiger partial charge in [0.2, 0.25) is 5.91 Å². The summed E-state index contributed by atoms with van der Waals surface area (Å²) in [5, 5.41) is 5.74. The highest BCUT2D eigenvalue weighted by Gasteiger charge is 2.61. The third-order valence-electron chi connectivity index (χ3n) is 6.12. The monoisotopic (exact) mass is 509 g/mol. The number of amides is 2. The zero-order valence-corrected chi connectivity index (χ0v) is 20.2. The number of anilines is 3. The largest absolute Gasteiger partial charge is 0.447 e. The number of ether oxygens (including phenoxy) is 1. The van der Waals surface area contributed by atoms with Gasteiger partial charge in [-0.15, -0.1) is 0 Å². The molecule has 0 spiro atoms. The van der Waals surface area contributed by atoms with Crippen molar-refractivity contribution in [3.8, 4) is 11.3 Å². The third kappa shape index (κ3) is 5.02. The maximum atomic E-state index is 13.3. The number of hydrogen-bond acceptors (Lipinski definition) is 6. The molecule has 2 aliphatic rings. The van der Waals surface area contributed by atoms with Gasteiger partial charge < -0.3 is 20.4 Å². The highest BCUT2D eigenvalue weighted by atomic mass is 19.3. The molecule has 1 saturated carbocycles. The standard InChI is InChI=1S/C26H25F2N5O4/c1-14(2)37-25(36)33-12-18-21(19(34)13-33)23(30-16-6-4-3-5-7-16)22(31-18)15-8-9-29-20(10-15)32-24(35)17-11-26(17,27)28/h3-10,14,17,30-31H,11-13H2,1-2H3,(H,29,32,35). The number of aromatic nitrogens is 2. The van der Waals surface area contributed by atoms with Crippen LogP contribution in [-0.4, -0.2) is 51.2 Å². The molecule has 0 bridgehead atoms. The van der Waals surface area contributed by atoms with E-state index >= 15 is 0 Å². The summed E-state index contributed by atoms with van der Waals surface area (Å²) >= 11 is 0. The molecular weight excluding hydrogens is 484 g/mol. The Balaban J connectivity index is 1.50. The molecule has 9 nitrogen and oxygen atoms in total. The number of fused-ring (bicyclic) bond motifs is 1. The molecule has 1 atom stereocenters. The van der Waals surface area contributed by atoms with Crippen LogP contribution in [0.2, 0.25) is 0 Å². The number of rotatable bonds is 6. The van der Waals surface area contributed by atoms with Crippen LogP contribution in [-0.2, 0) is 16.1 Å². The van der Waals surface area contributed by atoms with Gasteiger partial charge in [-0.25, -0.2) is 18.6 Å². The van der Waals surface area contributed by atoms with Gasteiger partial charge in [-0.3, -0.25) is 14.5 Å². The molecule has 3 aromatic rings. The van der Waals surface area contributed by atoms with Gasteiger partial charge >= 0.3 is 6.09 Å². The SMILES string of the molecule is CC(C)OC(=O)N1CC(=O)c2c([nH]c(-c3ccnc(NC(=O)C4CC4(F)F)c3)c2Nc2ccccc2)C1. The van der Waals surface area contributed by atoms with Gasteiger partial charge in [-0.1, -0.05) is 18.2 Å². The van der Waals surface area contributed by atoms with Crippen molar-refractivity contribution < 1.29 is 27.9 Å². The molecule has 1 aliphatic carbocycles. The highest BCUT2D eigenvalue weighted by molar-refractivity contribution is 6.09. The van der Waals surface area contributed by atoms with Crippen molar-refractivity contribution in [3.05, 3.63) is 59.9 Å². The van der Waals surface area contributed by atoms with Gasteiger partial charge in [-0.05, 0) is 38.1 Å². The lowest BCUT2D eigenvalue weighted by Gasteiger charge is -2.26. The minimum atomic E-state index is -2.99. The van der Waals surface area contributed by atoms with Crippen molar-refractivity contribution >= 4 is 35.0 Å². The first kappa shape index (κ1) is 24.4. The number of hydrogen-bond donors (Lipinski definition) is 3. The molecule has 1 unspecified atom stereocenters. The summed E-state index contributed by atoms with van der Waals surface area (Å²) in [6, 6.07) is 12.5. The maximum absolute atomic E-state index is 13.3. The molecule has 11 heteroatoms. The number of benzene rings is 1. The summed E-state index contributed by atoms with van der Waals surface area (Å²) in [5.41, 5.74) is 3.25. The molecule has 0 saturated heterocycles. The van der Waals surface area contributed by atoms with Gasteiger partial charge in [0.15, 0.2) is 5.78 Å². The Labute approximate surface area is 211 Å². The molecule has 1 aromatic carbocycles. The first-order valence-electron chi connectivity index (χ1n) is 11.8. The van der Waals surface area contributed by atoms with Crippen LogP contribution in [0.4, 0.5) is 30.8 Å². The number of Topliss-reactive ketones (excluding diaryl/α,β-unsaturated/α-hetero) is 1. The van der Waals surface area contributed by atoms with Crippen LogP contribution < -0.4 is 10.6 Å². The van der Waals surface area contributed by atoms with Crippen LogP contribution in [0.1, 0.15) is 36.3 Å². The van der Waals surface area contributed by atoms with Gasteiger partial charge in [0, 0.05) is 29.6 Å². The fourth-order valence-electron chi connectivity index (χ4n) is 4.26. The van der Waals surface area contributed by atoms with Crippen LogP contribution in [0.25, 0.3) is 11.3 Å². The number of halogens is 2. The normalized spacial score (nSPS) is 17.8. The molecule has 192 valence electrons. The average Bonchev–Trinajstić information content (AvgIpc) is 3.34. The van der Waals surface area contributed by atoms with E-state index in [0.717, 1.165) is 5.69 Å². The Morgan fingerprint density at radius 1 is 1.19 bits per heavy atom. The van der Waals surface area contributed by atoms with Crippen molar-refractivity contribution in [3.63, 3.8) is 0 Å². The molecule has 3 N–H and O–H groups in total. The predicted molar refractivity (Wildman–Crippen MR) is 132 cm³/mol. The van der Waals surface area contributed by atoms with Crippen LogP contribution in [0.3, 0.4) is 0 Å². The lowest BCUT2D eigenvalue weighted by Crippen LogP contribution is -2.40. The zero-order chi connectivity index (χ0) is 26.3. The van der Waals surface area contributed by atoms with E-state index in [-0.39, 0.29) is 30.8 Å². The van der Waals surface area contributed by atoms with E-state index in [0.29, 0.717) is 28.2 Å². The third-order valence-corrected chi connectivity index (χ3v) is 6.12. The Hall–Kier alpha value is -4.28. The number of pyridine rings is 1. The van der Waals surface area contributed by atoms with Crippen LogP contribution in [0, 0.1) is 5.92 Å². The zero-order valence-electron chi connectivity index (χ0n) is 20.2. The number of carbonyl (C=O) groups is 3. The lowest BCUT2D eigenvalue weighted by atomic mass is 10.0. The van der Waals surface area contributed by atoms with E-state index < -0.39 is 30.3 Å². The maximum Gasteiger partial charge on any atom is 0.410 e. The quantitative estimate of drug-likeness (QED) is 0.433. The van der Waals surface area contributed by atoms with Crippen LogP contribution in [0.15, 0.2) is 48.7 Å². The van der Waals surface area contributed by atoms with E-state index in [1.54, 1.807) is 26.0 Å². The number of H-pyrrole nitrogens is 1. The first-order valence-corrected chi connectivity index (χ1v) is 11.8. The van der Waals surface area contributed by atoms with Gasteiger partial charge in [-0.2, -0.15) is 0 Å². The molecule has 3 heterocycles. The van der Waals surface area contributed by atoms with E-state index in [1.807, 2.05) is 30.3 Å². The number of nitrogens with one attached hydrogen (secondary N) is 3. The second-order valence-electron chi connectivity index (χ2n) is 9.37. The second kappa shape index (κ2) is 9.30. The van der Waals surface area contributed by atoms with Gasteiger partial charge in [0.05, 0.1) is 36.1 Å². The van der Waals surface area contributed by atoms with Gasteiger partial charge in [0.1, 0.15) is 11.7 Å². The molecule has 0 radical (unpaired) electrons. The van der Waals surface area contributed by atoms with Crippen molar-refractivity contribution in [2.45, 2.75) is 38.8 Å². The van der Waals surface area contributed by atoms with Crippen molar-refractivity contribution in [2.75, 3.05) is 17.2 Å². The molecule has 1 aliphatic heterocycles. The predicted octanol–water partition coefficient (Wildman–Crippen LogP) is 4.96. The van der Waals surface area contributed by atoms with E-state index in [4.69, 9.17) is 4.74 Å². The van der Waals surface area contributed by atoms with Crippen molar-refractivity contribution in [1.82, 2.24) is 14.9 Å². The van der Waals surface area contributed by atoms with Crippen LogP contribution >= 0.6 is 0 Å². The summed E-state index contributed by atoms with van der Waals surface area (Å²) in [6.45, 7) is 3.44. The fourth-order valence-corrected chi connectivity index (χ4v) is 4.26. The van der Waals surface area contributed by atoms with Gasteiger partial charge in [0.25, 0.3) is 5.92 Å². The molecule has 2 amide bonds. The molecule has 2 aromatic heterocycles. The molecule has 1 fully saturated rings. The Morgan fingerprint density at radius 2 is 1.92 bits per heavy atom. The minimum Gasteiger partial charge on any atom is -0.447 e. The number of para-hydroxylation sites is 1. The second-order valence-corrected chi connectivity index (χ2v) is 9.37. The first-order chi connectivity index (χ1) is 17.6. The van der Waals surface area contributed by atoms with Crippen molar-refractivity contribution in [1.29, 1.82) is 0 Å². The number of carbonyl (C=O) groups excluding carboxylic acids is 3. The smallest absolute Gasteiger partial charge is 0.410 e. The molecule has 37 heavy (non-hydrogen) atoms. The Kier molecular flexibility index (Phi) is 6.14. The average molecular weight is 510 g/mol. The Bertz CT molecular complexity index is 1370. The summed E-state index contributed by atoms with van der Waals surface area (Å²) in [7, 11) is 0. The van der Waals surface area contributed by atoms with E-state index in [1.165, 1.54) is 11.1 Å². The molecular formula is C26H25F2N5O4. The van der Waals surface area contributed by atoms with E-state index in [2.05, 4.69) is 20.6 Å². The van der Waals surface area contributed by atoms with Crippen LogP contribution in [0.5, 0.6) is 0 Å². The summed E-state index contributed by atoms with van der Waals surface area (Å²) < 4.78 is 31.9. The number of aromatic amines is 1. The molecule has 5 rings (SSSR count). The fraction of sp³-hybridized carbons (Fsp3) is 0.308. The summed E-state index contributed by atoms with van der Waals surface area (Å²) in [6.07, 6.45) is 0.0363. The summed E-state index contributed by atoms with van der Waals surface area (Å²) in [5.74, 6) is -5.31. The summed E-state index contributed by atoms with van der Waals surface area (Å²) in [4.78, 5) is 46.6. The number of alkyl halides is 2.